The number of carbonyl (C=O) groups excluding carboxylic acids is 2. The Morgan fingerprint density at radius 3 is 2.52 bits per heavy atom. The number of nitrogens with zero attached hydrogens (tertiary/aromatic N) is 1. The van der Waals surface area contributed by atoms with Crippen molar-refractivity contribution in [3.05, 3.63) is 42.0 Å². The summed E-state index contributed by atoms with van der Waals surface area (Å²) in [5.41, 5.74) is 0.777. The quantitative estimate of drug-likeness (QED) is 0.269. The van der Waals surface area contributed by atoms with Crippen molar-refractivity contribution in [2.75, 3.05) is 24.4 Å². The summed E-state index contributed by atoms with van der Waals surface area (Å²) in [5, 5.41) is 3.56. The number of benzene rings is 1. The summed E-state index contributed by atoms with van der Waals surface area (Å²) in [6, 6.07) is 10.5. The van der Waals surface area contributed by atoms with E-state index in [1.54, 1.807) is 26.8 Å². The number of rotatable bonds is 9. The first-order valence-corrected chi connectivity index (χ1v) is 11.2. The van der Waals surface area contributed by atoms with Crippen LogP contribution < -0.4 is 10.1 Å². The SMILES string of the molecule is COC(=O)c1cc(NC(=O)OC(C)(C)C)nc(-c2ccccc2OCCCCCBr)c1. The summed E-state index contributed by atoms with van der Waals surface area (Å²) in [6.45, 7) is 5.87. The van der Waals surface area contributed by atoms with Gasteiger partial charge in [-0.15, -0.1) is 0 Å². The molecule has 0 saturated heterocycles. The van der Waals surface area contributed by atoms with E-state index >= 15 is 0 Å². The lowest BCUT2D eigenvalue weighted by molar-refractivity contribution is 0.0596. The molecule has 1 aromatic carbocycles. The van der Waals surface area contributed by atoms with E-state index in [1.807, 2.05) is 24.3 Å². The van der Waals surface area contributed by atoms with Crippen molar-refractivity contribution in [2.24, 2.45) is 0 Å². The van der Waals surface area contributed by atoms with Crippen LogP contribution in [0.1, 0.15) is 50.4 Å². The van der Waals surface area contributed by atoms with Gasteiger partial charge in [0.15, 0.2) is 0 Å². The molecular weight excluding hydrogens is 464 g/mol. The molecule has 7 nitrogen and oxygen atoms in total. The van der Waals surface area contributed by atoms with Crippen LogP contribution in [0.25, 0.3) is 11.3 Å². The van der Waals surface area contributed by atoms with Crippen LogP contribution in [0.2, 0.25) is 0 Å². The van der Waals surface area contributed by atoms with Crippen LogP contribution in [0.3, 0.4) is 0 Å². The highest BCUT2D eigenvalue weighted by Crippen LogP contribution is 2.31. The fourth-order valence-corrected chi connectivity index (χ4v) is 3.13. The standard InChI is InChI=1S/C23H29BrN2O5/c1-23(2,3)31-22(28)26-20-15-16(21(27)29-4)14-18(25-20)17-10-6-7-11-19(17)30-13-9-5-8-12-24/h6-7,10-11,14-15H,5,8-9,12-13H2,1-4H3,(H,25,26,28). The number of carbonyl (C=O) groups is 2. The number of nitrogens with one attached hydrogen (secondary N) is 1. The van der Waals surface area contributed by atoms with E-state index in [0.717, 1.165) is 24.6 Å². The molecule has 2 aromatic rings. The van der Waals surface area contributed by atoms with E-state index in [4.69, 9.17) is 14.2 Å². The third kappa shape index (κ3) is 8.20. The maximum absolute atomic E-state index is 12.2. The fourth-order valence-electron chi connectivity index (χ4n) is 2.74. The number of alkyl halides is 1. The summed E-state index contributed by atoms with van der Waals surface area (Å²) in [4.78, 5) is 28.9. The summed E-state index contributed by atoms with van der Waals surface area (Å²) in [5.74, 6) is 0.294. The topological polar surface area (TPSA) is 86.8 Å². The number of methoxy groups -OCH3 is 1. The summed E-state index contributed by atoms with van der Waals surface area (Å²) in [7, 11) is 1.30. The lowest BCUT2D eigenvalue weighted by atomic mass is 10.1. The van der Waals surface area contributed by atoms with Crippen molar-refractivity contribution >= 4 is 33.8 Å². The molecule has 0 spiro atoms. The van der Waals surface area contributed by atoms with Gasteiger partial charge in [-0.05, 0) is 64.3 Å². The predicted molar refractivity (Wildman–Crippen MR) is 124 cm³/mol. The van der Waals surface area contributed by atoms with Gasteiger partial charge in [-0.3, -0.25) is 5.32 Å². The Bertz CT molecular complexity index is 896. The van der Waals surface area contributed by atoms with Gasteiger partial charge in [0.1, 0.15) is 17.2 Å². The van der Waals surface area contributed by atoms with Gasteiger partial charge in [-0.25, -0.2) is 14.6 Å². The lowest BCUT2D eigenvalue weighted by Gasteiger charge is -2.20. The number of hydrogen-bond donors (Lipinski definition) is 1. The number of halogens is 1. The molecular formula is C23H29BrN2O5. The molecule has 0 fully saturated rings. The number of pyridine rings is 1. The van der Waals surface area contributed by atoms with Gasteiger partial charge in [-0.1, -0.05) is 28.1 Å². The summed E-state index contributed by atoms with van der Waals surface area (Å²) < 4.78 is 16.1. The minimum absolute atomic E-state index is 0.180. The molecule has 1 heterocycles. The monoisotopic (exact) mass is 492 g/mol. The lowest BCUT2D eigenvalue weighted by Crippen LogP contribution is -2.27. The molecule has 31 heavy (non-hydrogen) atoms. The second-order valence-electron chi connectivity index (χ2n) is 7.84. The van der Waals surface area contributed by atoms with Gasteiger partial charge in [0.25, 0.3) is 0 Å². The summed E-state index contributed by atoms with van der Waals surface area (Å²) in [6.07, 6.45) is 2.42. The van der Waals surface area contributed by atoms with Crippen molar-refractivity contribution in [1.82, 2.24) is 4.98 Å². The van der Waals surface area contributed by atoms with Crippen molar-refractivity contribution in [3.8, 4) is 17.0 Å². The zero-order valence-corrected chi connectivity index (χ0v) is 20.0. The van der Waals surface area contributed by atoms with Crippen LogP contribution in [-0.2, 0) is 9.47 Å². The van der Waals surface area contributed by atoms with Gasteiger partial charge in [0.2, 0.25) is 0 Å². The van der Waals surface area contributed by atoms with Gasteiger partial charge in [-0.2, -0.15) is 0 Å². The van der Waals surface area contributed by atoms with Gasteiger partial charge < -0.3 is 14.2 Å². The van der Waals surface area contributed by atoms with Crippen LogP contribution in [0, 0.1) is 0 Å². The zero-order chi connectivity index (χ0) is 22.9. The molecule has 0 aliphatic carbocycles. The number of anilines is 1. The highest BCUT2D eigenvalue weighted by Gasteiger charge is 2.19. The molecule has 2 rings (SSSR count). The minimum atomic E-state index is -0.665. The van der Waals surface area contributed by atoms with Crippen molar-refractivity contribution in [2.45, 2.75) is 45.6 Å². The first-order valence-electron chi connectivity index (χ1n) is 10.1. The van der Waals surface area contributed by atoms with E-state index < -0.39 is 17.7 Å². The number of aromatic nitrogens is 1. The number of esters is 1. The maximum atomic E-state index is 12.2. The number of ether oxygens (including phenoxy) is 3. The highest BCUT2D eigenvalue weighted by molar-refractivity contribution is 9.09. The molecule has 1 aromatic heterocycles. The molecule has 8 heteroatoms. The fraction of sp³-hybridized carbons (Fsp3) is 0.435. The third-order valence-electron chi connectivity index (χ3n) is 4.07. The van der Waals surface area contributed by atoms with E-state index in [0.29, 0.717) is 23.6 Å². The highest BCUT2D eigenvalue weighted by atomic mass is 79.9. The van der Waals surface area contributed by atoms with Crippen LogP contribution in [0.4, 0.5) is 10.6 Å². The van der Waals surface area contributed by atoms with Crippen LogP contribution in [0.15, 0.2) is 36.4 Å². The van der Waals surface area contributed by atoms with Crippen molar-refractivity contribution < 1.29 is 23.8 Å². The summed E-state index contributed by atoms with van der Waals surface area (Å²) >= 11 is 3.43. The predicted octanol–water partition coefficient (Wildman–Crippen LogP) is 5.83. The molecule has 0 bridgehead atoms. The number of unbranched alkanes of at least 4 members (excludes halogenated alkanes) is 2. The van der Waals surface area contributed by atoms with Crippen LogP contribution >= 0.6 is 15.9 Å². The molecule has 1 amide bonds. The normalized spacial score (nSPS) is 11.0. The first kappa shape index (κ1) is 24.7. The van der Waals surface area contributed by atoms with Gasteiger partial charge >= 0.3 is 12.1 Å². The van der Waals surface area contributed by atoms with E-state index in [9.17, 15) is 9.59 Å². The number of hydrogen-bond acceptors (Lipinski definition) is 6. The average molecular weight is 493 g/mol. The Hall–Kier alpha value is -2.61. The minimum Gasteiger partial charge on any atom is -0.493 e. The second kappa shape index (κ2) is 11.7. The van der Waals surface area contributed by atoms with Gasteiger partial charge in [0.05, 0.1) is 25.0 Å². The van der Waals surface area contributed by atoms with E-state index in [1.165, 1.54) is 13.2 Å². The smallest absolute Gasteiger partial charge is 0.413 e. The number of para-hydroxylation sites is 1. The first-order chi connectivity index (χ1) is 14.7. The Morgan fingerprint density at radius 1 is 1.10 bits per heavy atom. The maximum Gasteiger partial charge on any atom is 0.413 e. The van der Waals surface area contributed by atoms with E-state index in [-0.39, 0.29) is 11.4 Å². The molecule has 0 aliphatic heterocycles. The Labute approximate surface area is 191 Å². The van der Waals surface area contributed by atoms with Crippen molar-refractivity contribution in [3.63, 3.8) is 0 Å². The van der Waals surface area contributed by atoms with Crippen LogP contribution in [0.5, 0.6) is 5.75 Å². The molecule has 0 atom stereocenters. The largest absolute Gasteiger partial charge is 0.493 e. The Balaban J connectivity index is 2.33. The molecule has 168 valence electrons. The number of amides is 1. The Morgan fingerprint density at radius 2 is 1.84 bits per heavy atom. The molecule has 0 aliphatic rings. The van der Waals surface area contributed by atoms with Gasteiger partial charge in [0, 0.05) is 10.9 Å². The van der Waals surface area contributed by atoms with Crippen LogP contribution in [-0.4, -0.2) is 41.7 Å². The van der Waals surface area contributed by atoms with E-state index in [2.05, 4.69) is 26.2 Å². The second-order valence-corrected chi connectivity index (χ2v) is 8.63. The average Bonchev–Trinajstić information content (AvgIpc) is 2.71. The molecule has 0 saturated carbocycles. The molecule has 0 radical (unpaired) electrons. The van der Waals surface area contributed by atoms with Crippen molar-refractivity contribution in [1.29, 1.82) is 0 Å². The zero-order valence-electron chi connectivity index (χ0n) is 18.4. The molecule has 1 N–H and O–H groups in total. The molecule has 0 unspecified atom stereocenters. The Kier molecular flexibility index (Phi) is 9.30. The third-order valence-corrected chi connectivity index (χ3v) is 4.63.